The zero-order valence-electron chi connectivity index (χ0n) is 10.0. The molecule has 17 heavy (non-hydrogen) atoms. The van der Waals surface area contributed by atoms with Gasteiger partial charge in [0.25, 0.3) is 5.91 Å². The number of thiazole rings is 1. The first-order valence-electron chi connectivity index (χ1n) is 5.50. The second kappa shape index (κ2) is 5.33. The van der Waals surface area contributed by atoms with E-state index in [1.54, 1.807) is 6.20 Å². The Morgan fingerprint density at radius 2 is 2.35 bits per heavy atom. The summed E-state index contributed by atoms with van der Waals surface area (Å²) in [5.41, 5.74) is 5.50. The van der Waals surface area contributed by atoms with Gasteiger partial charge in [0.15, 0.2) is 0 Å². The van der Waals surface area contributed by atoms with E-state index in [0.717, 1.165) is 17.8 Å². The molecule has 2 rings (SSSR count). The topological polar surface area (TPSA) is 68.0 Å². The molecule has 1 fully saturated rings. The van der Waals surface area contributed by atoms with Crippen LogP contribution in [-0.2, 0) is 0 Å². The number of nitrogens with one attached hydrogen (secondary N) is 1. The van der Waals surface area contributed by atoms with Crippen LogP contribution in [0.1, 0.15) is 34.4 Å². The summed E-state index contributed by atoms with van der Waals surface area (Å²) < 4.78 is 0. The second-order valence-corrected chi connectivity index (χ2v) is 5.83. The van der Waals surface area contributed by atoms with Crippen molar-refractivity contribution >= 4 is 29.7 Å². The van der Waals surface area contributed by atoms with E-state index in [0.29, 0.717) is 17.3 Å². The van der Waals surface area contributed by atoms with E-state index in [9.17, 15) is 4.79 Å². The Hall–Kier alpha value is -0.650. The van der Waals surface area contributed by atoms with Crippen molar-refractivity contribution in [1.82, 2.24) is 10.3 Å². The fraction of sp³-hybridized carbons (Fsp3) is 0.636. The SMILES string of the molecule is Cc1ncc(C(=O)NC(C)(CN)C2CC2)s1.Cl. The number of nitrogens with zero attached hydrogens (tertiary/aromatic N) is 1. The van der Waals surface area contributed by atoms with Crippen molar-refractivity contribution in [3.8, 4) is 0 Å². The number of hydrogen-bond donors (Lipinski definition) is 2. The Kier molecular flexibility index (Phi) is 4.52. The fourth-order valence-corrected chi connectivity index (χ4v) is 2.50. The van der Waals surface area contributed by atoms with Crippen LogP contribution in [0, 0.1) is 12.8 Å². The highest BCUT2D eigenvalue weighted by molar-refractivity contribution is 7.13. The number of carbonyl (C=O) groups is 1. The highest BCUT2D eigenvalue weighted by atomic mass is 35.5. The molecule has 0 aromatic carbocycles. The van der Waals surface area contributed by atoms with Crippen molar-refractivity contribution in [3.05, 3.63) is 16.1 Å². The Morgan fingerprint density at radius 1 is 1.71 bits per heavy atom. The van der Waals surface area contributed by atoms with E-state index in [1.807, 2.05) is 13.8 Å². The predicted octanol–water partition coefficient (Wildman–Crippen LogP) is 1.73. The largest absolute Gasteiger partial charge is 0.345 e. The van der Waals surface area contributed by atoms with Gasteiger partial charge in [0.1, 0.15) is 4.88 Å². The third-order valence-electron chi connectivity index (χ3n) is 3.15. The van der Waals surface area contributed by atoms with Gasteiger partial charge in [-0.05, 0) is 32.6 Å². The molecule has 1 aromatic heterocycles. The normalized spacial score (nSPS) is 18.1. The molecule has 1 amide bonds. The van der Waals surface area contributed by atoms with E-state index >= 15 is 0 Å². The van der Waals surface area contributed by atoms with Crippen LogP contribution in [0.15, 0.2) is 6.20 Å². The van der Waals surface area contributed by atoms with E-state index in [4.69, 9.17) is 5.73 Å². The van der Waals surface area contributed by atoms with Gasteiger partial charge in [-0.25, -0.2) is 4.98 Å². The van der Waals surface area contributed by atoms with Gasteiger partial charge in [0.2, 0.25) is 0 Å². The minimum Gasteiger partial charge on any atom is -0.345 e. The fourth-order valence-electron chi connectivity index (χ4n) is 1.83. The summed E-state index contributed by atoms with van der Waals surface area (Å²) in [6.45, 7) is 4.40. The summed E-state index contributed by atoms with van der Waals surface area (Å²) in [4.78, 5) is 16.7. The molecule has 1 saturated carbocycles. The van der Waals surface area contributed by atoms with Crippen LogP contribution in [0.4, 0.5) is 0 Å². The lowest BCUT2D eigenvalue weighted by atomic mass is 9.96. The number of rotatable bonds is 4. The molecule has 0 aliphatic heterocycles. The van der Waals surface area contributed by atoms with E-state index in [2.05, 4.69) is 10.3 Å². The second-order valence-electron chi connectivity index (χ2n) is 4.59. The lowest BCUT2D eigenvalue weighted by Crippen LogP contribution is -2.53. The van der Waals surface area contributed by atoms with Crippen LogP contribution in [0.3, 0.4) is 0 Å². The average Bonchev–Trinajstić information content (AvgIpc) is 3.02. The van der Waals surface area contributed by atoms with Crippen molar-refractivity contribution in [2.45, 2.75) is 32.2 Å². The van der Waals surface area contributed by atoms with Crippen molar-refractivity contribution < 1.29 is 4.79 Å². The molecule has 4 nitrogen and oxygen atoms in total. The first-order chi connectivity index (χ1) is 7.55. The van der Waals surface area contributed by atoms with Crippen LogP contribution < -0.4 is 11.1 Å². The van der Waals surface area contributed by atoms with Gasteiger partial charge in [-0.1, -0.05) is 0 Å². The van der Waals surface area contributed by atoms with E-state index < -0.39 is 0 Å². The van der Waals surface area contributed by atoms with Crippen molar-refractivity contribution in [2.24, 2.45) is 11.7 Å². The number of aromatic nitrogens is 1. The zero-order valence-corrected chi connectivity index (χ0v) is 11.7. The number of carbonyl (C=O) groups excluding carboxylic acids is 1. The number of hydrogen-bond acceptors (Lipinski definition) is 4. The van der Waals surface area contributed by atoms with Crippen LogP contribution in [0.25, 0.3) is 0 Å². The van der Waals surface area contributed by atoms with Gasteiger partial charge in [-0.15, -0.1) is 23.7 Å². The smallest absolute Gasteiger partial charge is 0.263 e. The Bertz CT molecular complexity index is 405. The summed E-state index contributed by atoms with van der Waals surface area (Å²) in [7, 11) is 0. The third kappa shape index (κ3) is 3.18. The average molecular weight is 276 g/mol. The summed E-state index contributed by atoms with van der Waals surface area (Å²) >= 11 is 1.42. The van der Waals surface area contributed by atoms with Crippen LogP contribution in [0.5, 0.6) is 0 Å². The number of aryl methyl sites for hydroxylation is 1. The third-order valence-corrected chi connectivity index (χ3v) is 4.06. The van der Waals surface area contributed by atoms with Crippen molar-refractivity contribution in [2.75, 3.05) is 6.54 Å². The van der Waals surface area contributed by atoms with Crippen molar-refractivity contribution in [1.29, 1.82) is 0 Å². The first kappa shape index (κ1) is 14.4. The van der Waals surface area contributed by atoms with Gasteiger partial charge in [0.05, 0.1) is 16.7 Å². The van der Waals surface area contributed by atoms with Gasteiger partial charge in [0, 0.05) is 6.54 Å². The molecule has 96 valence electrons. The summed E-state index contributed by atoms with van der Waals surface area (Å²) in [5, 5.41) is 3.95. The molecule has 1 aromatic rings. The predicted molar refractivity (Wildman–Crippen MR) is 71.7 cm³/mol. The van der Waals surface area contributed by atoms with Gasteiger partial charge in [-0.3, -0.25) is 4.79 Å². The summed E-state index contributed by atoms with van der Waals surface area (Å²) in [6, 6.07) is 0. The molecule has 1 unspecified atom stereocenters. The molecule has 0 spiro atoms. The molecule has 3 N–H and O–H groups in total. The van der Waals surface area contributed by atoms with Crippen LogP contribution >= 0.6 is 23.7 Å². The number of halogens is 1. The molecule has 1 heterocycles. The molecule has 1 atom stereocenters. The quantitative estimate of drug-likeness (QED) is 0.879. The van der Waals surface area contributed by atoms with E-state index in [-0.39, 0.29) is 23.9 Å². The molecule has 1 aliphatic rings. The maximum atomic E-state index is 12.0. The standard InChI is InChI=1S/C11H17N3OS.ClH/c1-7-13-5-9(16-7)10(15)14-11(2,6-12)8-3-4-8;/h5,8H,3-4,6,12H2,1-2H3,(H,14,15);1H. The number of nitrogens with two attached hydrogens (primary N) is 1. The van der Waals surface area contributed by atoms with Gasteiger partial charge >= 0.3 is 0 Å². The molecule has 0 bridgehead atoms. The monoisotopic (exact) mass is 275 g/mol. The minimum absolute atomic E-state index is 0. The molecule has 0 radical (unpaired) electrons. The summed E-state index contributed by atoms with van der Waals surface area (Å²) in [5.74, 6) is 0.487. The molecular weight excluding hydrogens is 258 g/mol. The maximum absolute atomic E-state index is 12.0. The van der Waals surface area contributed by atoms with E-state index in [1.165, 1.54) is 11.3 Å². The lowest BCUT2D eigenvalue weighted by molar-refractivity contribution is 0.0902. The Morgan fingerprint density at radius 3 is 2.76 bits per heavy atom. The van der Waals surface area contributed by atoms with Crippen LogP contribution in [-0.4, -0.2) is 23.0 Å². The summed E-state index contributed by atoms with van der Waals surface area (Å²) in [6.07, 6.45) is 3.95. The Labute approximate surface area is 111 Å². The first-order valence-corrected chi connectivity index (χ1v) is 6.32. The Balaban J connectivity index is 0.00000144. The number of amides is 1. The lowest BCUT2D eigenvalue weighted by Gasteiger charge is -2.29. The zero-order chi connectivity index (χ0) is 11.8. The highest BCUT2D eigenvalue weighted by Crippen LogP contribution is 2.39. The molecular formula is C11H18ClN3OS. The van der Waals surface area contributed by atoms with Gasteiger partial charge < -0.3 is 11.1 Å². The molecule has 0 saturated heterocycles. The maximum Gasteiger partial charge on any atom is 0.263 e. The molecule has 6 heteroatoms. The minimum atomic E-state index is -0.255. The van der Waals surface area contributed by atoms with Crippen molar-refractivity contribution in [3.63, 3.8) is 0 Å². The molecule has 1 aliphatic carbocycles. The highest BCUT2D eigenvalue weighted by Gasteiger charge is 2.41. The van der Waals surface area contributed by atoms with Gasteiger partial charge in [-0.2, -0.15) is 0 Å². The van der Waals surface area contributed by atoms with Crippen LogP contribution in [0.2, 0.25) is 0 Å².